The van der Waals surface area contributed by atoms with Crippen LogP contribution in [0.5, 0.6) is 11.5 Å². The second-order valence-electron chi connectivity index (χ2n) is 7.17. The lowest BCUT2D eigenvalue weighted by Crippen LogP contribution is -2.35. The summed E-state index contributed by atoms with van der Waals surface area (Å²) in [6, 6.07) is 8.69. The second-order valence-corrected chi connectivity index (χ2v) is 10.1. The van der Waals surface area contributed by atoms with E-state index in [4.69, 9.17) is 14.0 Å². The van der Waals surface area contributed by atoms with E-state index in [1.165, 1.54) is 22.3 Å². The number of benzene rings is 1. The van der Waals surface area contributed by atoms with Crippen molar-refractivity contribution in [1.82, 2.24) is 19.4 Å². The van der Waals surface area contributed by atoms with Crippen molar-refractivity contribution in [1.29, 1.82) is 0 Å². The molecule has 32 heavy (non-hydrogen) atoms. The fraction of sp³-hybridized carbons (Fsp3) is 0.381. The van der Waals surface area contributed by atoms with Gasteiger partial charge in [0.25, 0.3) is 0 Å². The quantitative estimate of drug-likeness (QED) is 0.450. The molecule has 0 aliphatic carbocycles. The molecule has 0 unspecified atom stereocenters. The molecule has 1 saturated heterocycles. The van der Waals surface area contributed by atoms with E-state index < -0.39 is 10.0 Å². The van der Waals surface area contributed by atoms with E-state index in [1.807, 2.05) is 6.07 Å². The van der Waals surface area contributed by atoms with Crippen molar-refractivity contribution in [3.05, 3.63) is 42.4 Å². The van der Waals surface area contributed by atoms with Crippen LogP contribution >= 0.6 is 11.8 Å². The van der Waals surface area contributed by atoms with Gasteiger partial charge in [0.15, 0.2) is 11.5 Å². The number of piperidine rings is 1. The lowest BCUT2D eigenvalue weighted by molar-refractivity contribution is 0.346. The molecule has 0 saturated carbocycles. The van der Waals surface area contributed by atoms with Crippen molar-refractivity contribution in [2.24, 2.45) is 0 Å². The van der Waals surface area contributed by atoms with E-state index in [0.717, 1.165) is 24.8 Å². The highest BCUT2D eigenvalue weighted by Crippen LogP contribution is 2.31. The second kappa shape index (κ2) is 9.88. The van der Waals surface area contributed by atoms with E-state index in [9.17, 15) is 8.42 Å². The maximum Gasteiger partial charge on any atom is 0.244 e. The Hall–Kier alpha value is -2.63. The Morgan fingerprint density at radius 2 is 1.84 bits per heavy atom. The fourth-order valence-corrected chi connectivity index (χ4v) is 5.54. The molecular formula is C21H24N4O5S2. The van der Waals surface area contributed by atoms with Crippen LogP contribution in [0.4, 0.5) is 0 Å². The molecule has 2 aromatic heterocycles. The third-order valence-electron chi connectivity index (χ3n) is 5.12. The van der Waals surface area contributed by atoms with Gasteiger partial charge in [-0.25, -0.2) is 13.4 Å². The number of thioether (sulfide) groups is 1. The molecule has 1 aliphatic heterocycles. The number of hydrogen-bond donors (Lipinski definition) is 0. The maximum atomic E-state index is 12.7. The molecule has 0 N–H and O–H groups in total. The molecule has 3 aromatic rings. The zero-order valence-electron chi connectivity index (χ0n) is 17.9. The molecule has 3 heterocycles. The average Bonchev–Trinajstić information content (AvgIpc) is 3.32. The van der Waals surface area contributed by atoms with Crippen LogP contribution in [0.25, 0.3) is 11.4 Å². The van der Waals surface area contributed by atoms with Crippen LogP contribution in [-0.4, -0.2) is 55.2 Å². The molecule has 1 aromatic carbocycles. The summed E-state index contributed by atoms with van der Waals surface area (Å²) in [6.45, 7) is 1.14. The van der Waals surface area contributed by atoms with Crippen molar-refractivity contribution in [2.45, 2.75) is 34.9 Å². The summed E-state index contributed by atoms with van der Waals surface area (Å²) in [5, 5.41) is 4.70. The molecule has 0 atom stereocenters. The maximum absolute atomic E-state index is 12.7. The first-order chi connectivity index (χ1) is 15.5. The minimum atomic E-state index is -3.48. The fourth-order valence-electron chi connectivity index (χ4n) is 3.40. The largest absolute Gasteiger partial charge is 0.493 e. The van der Waals surface area contributed by atoms with Gasteiger partial charge in [0.2, 0.25) is 21.7 Å². The molecule has 0 amide bonds. The number of methoxy groups -OCH3 is 2. The van der Waals surface area contributed by atoms with E-state index in [1.54, 1.807) is 38.5 Å². The Bertz CT molecular complexity index is 1160. The van der Waals surface area contributed by atoms with Crippen LogP contribution < -0.4 is 9.47 Å². The summed E-state index contributed by atoms with van der Waals surface area (Å²) < 4.78 is 42.9. The summed E-state index contributed by atoms with van der Waals surface area (Å²) in [4.78, 5) is 8.94. The van der Waals surface area contributed by atoms with Crippen LogP contribution in [0, 0.1) is 0 Å². The number of rotatable bonds is 8. The number of aromatic nitrogens is 3. The normalized spacial score (nSPS) is 14.9. The Labute approximate surface area is 191 Å². The van der Waals surface area contributed by atoms with E-state index in [0.29, 0.717) is 47.1 Å². The SMILES string of the molecule is COc1ccc(-c2noc(CSc3ccc(S(=O)(=O)N4CCCCC4)cn3)n2)cc1OC. The Balaban J connectivity index is 1.40. The van der Waals surface area contributed by atoms with E-state index in [-0.39, 0.29) is 4.90 Å². The highest BCUT2D eigenvalue weighted by Gasteiger charge is 2.26. The lowest BCUT2D eigenvalue weighted by atomic mass is 10.2. The molecule has 1 aliphatic rings. The highest BCUT2D eigenvalue weighted by atomic mass is 32.2. The zero-order chi connectivity index (χ0) is 22.6. The lowest BCUT2D eigenvalue weighted by Gasteiger charge is -2.25. The Kier molecular flexibility index (Phi) is 6.97. The smallest absolute Gasteiger partial charge is 0.244 e. The molecule has 0 bridgehead atoms. The van der Waals surface area contributed by atoms with Crippen LogP contribution in [-0.2, 0) is 15.8 Å². The third kappa shape index (κ3) is 4.89. The minimum Gasteiger partial charge on any atom is -0.493 e. The summed E-state index contributed by atoms with van der Waals surface area (Å²) in [5.74, 6) is 2.48. The molecule has 170 valence electrons. The number of nitrogens with zero attached hydrogens (tertiary/aromatic N) is 4. The zero-order valence-corrected chi connectivity index (χ0v) is 19.5. The van der Waals surface area contributed by atoms with E-state index >= 15 is 0 Å². The van der Waals surface area contributed by atoms with Gasteiger partial charge >= 0.3 is 0 Å². The van der Waals surface area contributed by atoms with Crippen molar-refractivity contribution in [2.75, 3.05) is 27.3 Å². The number of hydrogen-bond acceptors (Lipinski definition) is 9. The highest BCUT2D eigenvalue weighted by molar-refractivity contribution is 7.98. The summed E-state index contributed by atoms with van der Waals surface area (Å²) >= 11 is 1.39. The monoisotopic (exact) mass is 476 g/mol. The molecular weight excluding hydrogens is 452 g/mol. The first-order valence-corrected chi connectivity index (χ1v) is 12.6. The van der Waals surface area contributed by atoms with Gasteiger partial charge in [0.05, 0.1) is 25.0 Å². The predicted octanol–water partition coefficient (Wildman–Crippen LogP) is 3.62. The van der Waals surface area contributed by atoms with Crippen LogP contribution in [0.3, 0.4) is 0 Å². The number of sulfonamides is 1. The summed E-state index contributed by atoms with van der Waals surface area (Å²) in [6.07, 6.45) is 4.28. The average molecular weight is 477 g/mol. The van der Waals surface area contributed by atoms with Gasteiger partial charge in [0.1, 0.15) is 4.90 Å². The van der Waals surface area contributed by atoms with Crippen molar-refractivity contribution >= 4 is 21.8 Å². The van der Waals surface area contributed by atoms with Gasteiger partial charge in [-0.1, -0.05) is 23.3 Å². The van der Waals surface area contributed by atoms with Crippen molar-refractivity contribution < 1.29 is 22.4 Å². The van der Waals surface area contributed by atoms with Gasteiger partial charge in [-0.3, -0.25) is 0 Å². The van der Waals surface area contributed by atoms with Crippen LogP contribution in [0.2, 0.25) is 0 Å². The standard InChI is InChI=1S/C21H24N4O5S2/c1-28-17-8-6-15(12-18(17)29-2)21-23-19(30-24-21)14-31-20-9-7-16(13-22-20)32(26,27)25-10-4-3-5-11-25/h6-9,12-13H,3-5,10-11,14H2,1-2H3. The molecule has 1 fully saturated rings. The number of pyridine rings is 1. The minimum absolute atomic E-state index is 0.220. The van der Waals surface area contributed by atoms with Gasteiger partial charge in [0, 0.05) is 24.8 Å². The molecule has 0 spiro atoms. The van der Waals surface area contributed by atoms with E-state index in [2.05, 4.69) is 15.1 Å². The molecule has 4 rings (SSSR count). The van der Waals surface area contributed by atoms with Crippen molar-refractivity contribution in [3.8, 4) is 22.9 Å². The third-order valence-corrected chi connectivity index (χ3v) is 7.93. The van der Waals surface area contributed by atoms with Crippen molar-refractivity contribution in [3.63, 3.8) is 0 Å². The Morgan fingerprint density at radius 3 is 2.53 bits per heavy atom. The first-order valence-electron chi connectivity index (χ1n) is 10.2. The predicted molar refractivity (Wildman–Crippen MR) is 119 cm³/mol. The van der Waals surface area contributed by atoms with Gasteiger partial charge < -0.3 is 14.0 Å². The molecule has 9 nitrogen and oxygen atoms in total. The number of ether oxygens (including phenoxy) is 2. The Morgan fingerprint density at radius 1 is 1.06 bits per heavy atom. The van der Waals surface area contributed by atoms with Gasteiger partial charge in [-0.15, -0.1) is 0 Å². The topological polar surface area (TPSA) is 108 Å². The van der Waals surface area contributed by atoms with Gasteiger partial charge in [-0.2, -0.15) is 9.29 Å². The summed E-state index contributed by atoms with van der Waals surface area (Å²) in [5.41, 5.74) is 0.744. The summed E-state index contributed by atoms with van der Waals surface area (Å²) in [7, 11) is -0.343. The molecule has 0 radical (unpaired) electrons. The van der Waals surface area contributed by atoms with Crippen LogP contribution in [0.1, 0.15) is 25.2 Å². The molecule has 11 heteroatoms. The van der Waals surface area contributed by atoms with Crippen LogP contribution in [0.15, 0.2) is 51.0 Å². The first kappa shape index (κ1) is 22.6. The van der Waals surface area contributed by atoms with Gasteiger partial charge in [-0.05, 0) is 43.2 Å².